The molecule has 1 aliphatic heterocycles. The third-order valence-corrected chi connectivity index (χ3v) is 3.65. The number of rotatable bonds is 3. The molecule has 0 aromatic rings. The third kappa shape index (κ3) is 3.11. The SMILES string of the molecule is COC1OC(C)C(N(C)C(C)=O)C(C)(O)C1OC(C)=O. The Labute approximate surface area is 118 Å². The number of methoxy groups -OCH3 is 1. The third-order valence-electron chi connectivity index (χ3n) is 3.65. The van der Waals surface area contributed by atoms with Crippen LogP contribution >= 0.6 is 0 Å². The van der Waals surface area contributed by atoms with Gasteiger partial charge in [-0.15, -0.1) is 0 Å². The van der Waals surface area contributed by atoms with Gasteiger partial charge >= 0.3 is 5.97 Å². The first-order valence-electron chi connectivity index (χ1n) is 6.44. The van der Waals surface area contributed by atoms with Crippen LogP contribution in [0.25, 0.3) is 0 Å². The molecule has 1 aliphatic rings. The lowest BCUT2D eigenvalue weighted by Gasteiger charge is -2.51. The molecule has 5 unspecified atom stereocenters. The average Bonchev–Trinajstić information content (AvgIpc) is 2.31. The second-order valence-electron chi connectivity index (χ2n) is 5.28. The van der Waals surface area contributed by atoms with Gasteiger partial charge in [0.1, 0.15) is 5.60 Å². The second kappa shape index (κ2) is 6.07. The molecular formula is C13H23NO6. The monoisotopic (exact) mass is 289 g/mol. The van der Waals surface area contributed by atoms with E-state index in [0.717, 1.165) is 0 Å². The Morgan fingerprint density at radius 3 is 2.30 bits per heavy atom. The largest absolute Gasteiger partial charge is 0.454 e. The molecule has 0 aliphatic carbocycles. The van der Waals surface area contributed by atoms with Crippen LogP contribution in [0.1, 0.15) is 27.7 Å². The summed E-state index contributed by atoms with van der Waals surface area (Å²) >= 11 is 0. The maximum Gasteiger partial charge on any atom is 0.303 e. The first-order valence-corrected chi connectivity index (χ1v) is 6.44. The Kier molecular flexibility index (Phi) is 5.12. The standard InChI is InChI=1S/C13H23NO6/c1-7-10(14(5)8(2)15)13(4,17)11(20-9(3)16)12(18-6)19-7/h7,10-12,17H,1-6H3. The smallest absolute Gasteiger partial charge is 0.303 e. The van der Waals surface area contributed by atoms with Crippen LogP contribution in [-0.4, -0.2) is 66.2 Å². The summed E-state index contributed by atoms with van der Waals surface area (Å²) in [4.78, 5) is 24.2. The average molecular weight is 289 g/mol. The number of hydrogen-bond acceptors (Lipinski definition) is 6. The number of aliphatic hydroxyl groups is 1. The highest BCUT2D eigenvalue weighted by atomic mass is 16.7. The topological polar surface area (TPSA) is 85.3 Å². The van der Waals surface area contributed by atoms with Crippen molar-refractivity contribution in [3.63, 3.8) is 0 Å². The highest BCUT2D eigenvalue weighted by molar-refractivity contribution is 5.73. The van der Waals surface area contributed by atoms with Crippen molar-refractivity contribution in [3.8, 4) is 0 Å². The minimum atomic E-state index is -1.50. The van der Waals surface area contributed by atoms with Crippen molar-refractivity contribution in [2.45, 2.75) is 57.8 Å². The molecule has 7 heteroatoms. The first-order chi connectivity index (χ1) is 9.12. The lowest BCUT2D eigenvalue weighted by Crippen LogP contribution is -2.70. The van der Waals surface area contributed by atoms with E-state index in [1.165, 1.54) is 32.8 Å². The minimum Gasteiger partial charge on any atom is -0.454 e. The van der Waals surface area contributed by atoms with Gasteiger partial charge < -0.3 is 24.2 Å². The van der Waals surface area contributed by atoms with E-state index in [9.17, 15) is 14.7 Å². The molecule has 0 aromatic heterocycles. The summed E-state index contributed by atoms with van der Waals surface area (Å²) in [5, 5.41) is 10.8. The highest BCUT2D eigenvalue weighted by Crippen LogP contribution is 2.34. The number of carbonyl (C=O) groups excluding carboxylic acids is 2. The fraction of sp³-hybridized carbons (Fsp3) is 0.846. The van der Waals surface area contributed by atoms with Crippen molar-refractivity contribution in [1.82, 2.24) is 4.90 Å². The number of nitrogens with zero attached hydrogens (tertiary/aromatic N) is 1. The van der Waals surface area contributed by atoms with Crippen molar-refractivity contribution < 1.29 is 28.9 Å². The number of hydrogen-bond donors (Lipinski definition) is 1. The van der Waals surface area contributed by atoms with Gasteiger partial charge in [0, 0.05) is 28.0 Å². The van der Waals surface area contributed by atoms with E-state index < -0.39 is 36.1 Å². The highest BCUT2D eigenvalue weighted by Gasteiger charge is 2.56. The van der Waals surface area contributed by atoms with Gasteiger partial charge in [0.05, 0.1) is 12.1 Å². The van der Waals surface area contributed by atoms with E-state index >= 15 is 0 Å². The van der Waals surface area contributed by atoms with Gasteiger partial charge in [-0.25, -0.2) is 0 Å². The van der Waals surface area contributed by atoms with Crippen molar-refractivity contribution in [1.29, 1.82) is 0 Å². The van der Waals surface area contributed by atoms with Gasteiger partial charge in [-0.1, -0.05) is 0 Å². The van der Waals surface area contributed by atoms with E-state index in [0.29, 0.717) is 0 Å². The lowest BCUT2D eigenvalue weighted by molar-refractivity contribution is -0.304. The van der Waals surface area contributed by atoms with Gasteiger partial charge in [0.25, 0.3) is 0 Å². The maximum absolute atomic E-state index is 11.6. The molecule has 1 rings (SSSR count). The number of esters is 1. The molecule has 0 radical (unpaired) electrons. The molecule has 0 bridgehead atoms. The van der Waals surface area contributed by atoms with Gasteiger partial charge in [0.2, 0.25) is 5.91 Å². The zero-order valence-corrected chi connectivity index (χ0v) is 12.7. The van der Waals surface area contributed by atoms with Crippen molar-refractivity contribution in [3.05, 3.63) is 0 Å². The Bertz CT molecular complexity index is 383. The first kappa shape index (κ1) is 16.9. The molecule has 116 valence electrons. The molecule has 0 spiro atoms. The number of amides is 1. The Morgan fingerprint density at radius 1 is 1.35 bits per heavy atom. The van der Waals surface area contributed by atoms with E-state index in [1.54, 1.807) is 14.0 Å². The van der Waals surface area contributed by atoms with Crippen LogP contribution in [0.3, 0.4) is 0 Å². The van der Waals surface area contributed by atoms with Gasteiger partial charge in [0.15, 0.2) is 12.4 Å². The Hall–Kier alpha value is -1.18. The Morgan fingerprint density at radius 2 is 1.90 bits per heavy atom. The van der Waals surface area contributed by atoms with Gasteiger partial charge in [-0.3, -0.25) is 9.59 Å². The van der Waals surface area contributed by atoms with Crippen LogP contribution in [0.5, 0.6) is 0 Å². The molecule has 20 heavy (non-hydrogen) atoms. The summed E-state index contributed by atoms with van der Waals surface area (Å²) in [5.41, 5.74) is -1.50. The predicted octanol–water partition coefficient (Wildman–Crippen LogP) is -0.0928. The van der Waals surface area contributed by atoms with E-state index in [4.69, 9.17) is 14.2 Å². The maximum atomic E-state index is 11.6. The van der Waals surface area contributed by atoms with E-state index in [1.807, 2.05) is 0 Å². The summed E-state index contributed by atoms with van der Waals surface area (Å²) in [6, 6.07) is -0.657. The molecule has 5 atom stereocenters. The molecule has 1 amide bonds. The quantitative estimate of drug-likeness (QED) is 0.731. The molecule has 0 saturated carbocycles. The zero-order valence-electron chi connectivity index (χ0n) is 12.7. The van der Waals surface area contributed by atoms with Crippen LogP contribution in [0.4, 0.5) is 0 Å². The summed E-state index contributed by atoms with van der Waals surface area (Å²) in [6.45, 7) is 5.88. The summed E-state index contributed by atoms with van der Waals surface area (Å²) in [5.74, 6) is -0.775. The van der Waals surface area contributed by atoms with Gasteiger partial charge in [-0.05, 0) is 13.8 Å². The van der Waals surface area contributed by atoms with Crippen LogP contribution in [0.15, 0.2) is 0 Å². The predicted molar refractivity (Wildman–Crippen MR) is 69.8 cm³/mol. The normalized spacial score (nSPS) is 37.4. The molecule has 7 nitrogen and oxygen atoms in total. The number of ether oxygens (including phenoxy) is 3. The Balaban J connectivity index is 3.14. The zero-order chi connectivity index (χ0) is 15.7. The van der Waals surface area contributed by atoms with Crippen LogP contribution < -0.4 is 0 Å². The van der Waals surface area contributed by atoms with E-state index in [2.05, 4.69) is 0 Å². The molecule has 0 aromatic carbocycles. The van der Waals surface area contributed by atoms with Gasteiger partial charge in [-0.2, -0.15) is 0 Å². The van der Waals surface area contributed by atoms with Crippen molar-refractivity contribution in [2.24, 2.45) is 0 Å². The van der Waals surface area contributed by atoms with Crippen LogP contribution in [0.2, 0.25) is 0 Å². The molecular weight excluding hydrogens is 266 g/mol. The van der Waals surface area contributed by atoms with E-state index in [-0.39, 0.29) is 5.91 Å². The number of carbonyl (C=O) groups is 2. The molecule has 1 N–H and O–H groups in total. The van der Waals surface area contributed by atoms with Crippen LogP contribution in [-0.2, 0) is 23.8 Å². The summed E-state index contributed by atoms with van der Waals surface area (Å²) < 4.78 is 15.9. The summed E-state index contributed by atoms with van der Waals surface area (Å²) in [6.07, 6.45) is -2.39. The lowest BCUT2D eigenvalue weighted by atomic mass is 9.83. The molecule has 1 saturated heterocycles. The van der Waals surface area contributed by atoms with Crippen molar-refractivity contribution in [2.75, 3.05) is 14.2 Å². The van der Waals surface area contributed by atoms with Crippen molar-refractivity contribution >= 4 is 11.9 Å². The minimum absolute atomic E-state index is 0.219. The summed E-state index contributed by atoms with van der Waals surface area (Å²) in [7, 11) is 2.97. The molecule has 1 fully saturated rings. The van der Waals surface area contributed by atoms with Crippen LogP contribution in [0, 0.1) is 0 Å². The fourth-order valence-electron chi connectivity index (χ4n) is 2.71. The fourth-order valence-corrected chi connectivity index (χ4v) is 2.71. The second-order valence-corrected chi connectivity index (χ2v) is 5.28. The number of likely N-dealkylation sites (N-methyl/N-ethyl adjacent to an activating group) is 1. The molecule has 1 heterocycles.